The van der Waals surface area contributed by atoms with Crippen molar-refractivity contribution in [1.29, 1.82) is 0 Å². The lowest BCUT2D eigenvalue weighted by atomic mass is 9.80. The molecule has 0 aliphatic carbocycles. The van der Waals surface area contributed by atoms with Gasteiger partial charge >= 0.3 is 5.97 Å². The zero-order chi connectivity index (χ0) is 20.1. The first kappa shape index (κ1) is 20.3. The lowest BCUT2D eigenvalue weighted by Crippen LogP contribution is -2.50. The van der Waals surface area contributed by atoms with Gasteiger partial charge in [0.1, 0.15) is 0 Å². The number of nitrogens with zero attached hydrogens (tertiary/aromatic N) is 1. The fourth-order valence-corrected chi connectivity index (χ4v) is 3.88. The number of aliphatic carboxylic acids is 1. The molecule has 7 nitrogen and oxygen atoms in total. The van der Waals surface area contributed by atoms with Crippen LogP contribution in [0.4, 0.5) is 0 Å². The van der Waals surface area contributed by atoms with Crippen molar-refractivity contribution in [3.63, 3.8) is 0 Å². The molecule has 0 spiro atoms. The van der Waals surface area contributed by atoms with E-state index in [-0.39, 0.29) is 24.3 Å². The Kier molecular flexibility index (Phi) is 6.34. The van der Waals surface area contributed by atoms with E-state index in [1.54, 1.807) is 4.90 Å². The molecular weight excluding hydrogens is 360 g/mol. The second kappa shape index (κ2) is 8.73. The summed E-state index contributed by atoms with van der Waals surface area (Å²) in [6, 6.07) is 7.42. The molecule has 28 heavy (non-hydrogen) atoms. The number of carboxylic acids is 1. The first-order valence-electron chi connectivity index (χ1n) is 9.86. The first-order valence-corrected chi connectivity index (χ1v) is 9.86. The van der Waals surface area contributed by atoms with Crippen LogP contribution in [-0.2, 0) is 14.3 Å². The van der Waals surface area contributed by atoms with Crippen LogP contribution in [0.15, 0.2) is 24.3 Å². The minimum Gasteiger partial charge on any atom is -0.481 e. The number of carboxylic acid groups (broad SMARTS) is 1. The number of amides is 2. The lowest BCUT2D eigenvalue weighted by Gasteiger charge is -2.35. The van der Waals surface area contributed by atoms with Crippen LogP contribution < -0.4 is 5.32 Å². The molecule has 0 aromatic heterocycles. The smallest absolute Gasteiger partial charge is 0.311 e. The molecule has 0 radical (unpaired) electrons. The normalized spacial score (nSPS) is 21.8. The number of carbonyl (C=O) groups excluding carboxylic acids is 2. The van der Waals surface area contributed by atoms with Gasteiger partial charge in [-0.1, -0.05) is 17.7 Å². The van der Waals surface area contributed by atoms with E-state index in [4.69, 9.17) is 4.74 Å². The topological polar surface area (TPSA) is 95.9 Å². The van der Waals surface area contributed by atoms with E-state index >= 15 is 0 Å². The zero-order valence-corrected chi connectivity index (χ0v) is 16.3. The van der Waals surface area contributed by atoms with Gasteiger partial charge in [-0.25, -0.2) is 0 Å². The number of ether oxygens (including phenoxy) is 1. The van der Waals surface area contributed by atoms with E-state index in [0.29, 0.717) is 51.1 Å². The zero-order valence-electron chi connectivity index (χ0n) is 16.3. The summed E-state index contributed by atoms with van der Waals surface area (Å²) < 4.78 is 5.27. The van der Waals surface area contributed by atoms with Crippen molar-refractivity contribution in [2.45, 2.75) is 32.6 Å². The quantitative estimate of drug-likeness (QED) is 0.803. The van der Waals surface area contributed by atoms with Gasteiger partial charge in [0.15, 0.2) is 0 Å². The number of aryl methyl sites for hydroxylation is 1. The van der Waals surface area contributed by atoms with Gasteiger partial charge in [-0.15, -0.1) is 0 Å². The third-order valence-corrected chi connectivity index (χ3v) is 5.88. The number of hydrogen-bond acceptors (Lipinski definition) is 4. The van der Waals surface area contributed by atoms with Crippen LogP contribution in [0.1, 0.15) is 41.6 Å². The summed E-state index contributed by atoms with van der Waals surface area (Å²) in [7, 11) is 0. The highest BCUT2D eigenvalue weighted by atomic mass is 16.5. The molecule has 2 N–H and O–H groups in total. The minimum atomic E-state index is -0.958. The van der Waals surface area contributed by atoms with Crippen LogP contribution in [0.3, 0.4) is 0 Å². The van der Waals surface area contributed by atoms with E-state index in [1.165, 1.54) is 0 Å². The van der Waals surface area contributed by atoms with E-state index in [9.17, 15) is 19.5 Å². The number of hydrogen-bond donors (Lipinski definition) is 2. The monoisotopic (exact) mass is 388 g/mol. The molecule has 152 valence electrons. The second-order valence-corrected chi connectivity index (χ2v) is 7.87. The summed E-state index contributed by atoms with van der Waals surface area (Å²) in [5.74, 6) is -1.44. The molecular formula is C21H28N2O5. The second-order valence-electron chi connectivity index (χ2n) is 7.87. The van der Waals surface area contributed by atoms with E-state index < -0.39 is 11.4 Å². The molecule has 2 aliphatic heterocycles. The van der Waals surface area contributed by atoms with Gasteiger partial charge in [-0.3, -0.25) is 14.4 Å². The van der Waals surface area contributed by atoms with Crippen molar-refractivity contribution in [3.8, 4) is 0 Å². The molecule has 1 unspecified atom stereocenters. The first-order chi connectivity index (χ1) is 13.4. The fourth-order valence-electron chi connectivity index (χ4n) is 3.88. The van der Waals surface area contributed by atoms with Crippen LogP contribution in [0.25, 0.3) is 0 Å². The number of piperidine rings is 1. The summed E-state index contributed by atoms with van der Waals surface area (Å²) in [6.45, 7) is 3.86. The minimum absolute atomic E-state index is 0.0658. The Hall–Kier alpha value is -2.41. The lowest BCUT2D eigenvalue weighted by molar-refractivity contribution is -0.154. The third kappa shape index (κ3) is 4.52. The summed E-state index contributed by atoms with van der Waals surface area (Å²) in [6.07, 6.45) is 2.25. The van der Waals surface area contributed by atoms with Crippen molar-refractivity contribution in [3.05, 3.63) is 35.4 Å². The highest BCUT2D eigenvalue weighted by Gasteiger charge is 2.41. The number of nitrogens with one attached hydrogen (secondary N) is 1. The molecule has 7 heteroatoms. The summed E-state index contributed by atoms with van der Waals surface area (Å²) in [5.41, 5.74) is 0.756. The van der Waals surface area contributed by atoms with Crippen molar-refractivity contribution in [2.24, 2.45) is 11.3 Å². The van der Waals surface area contributed by atoms with Crippen LogP contribution in [0, 0.1) is 18.3 Å². The van der Waals surface area contributed by atoms with Gasteiger partial charge in [-0.2, -0.15) is 0 Å². The largest absolute Gasteiger partial charge is 0.481 e. The summed E-state index contributed by atoms with van der Waals surface area (Å²) in [4.78, 5) is 38.9. The van der Waals surface area contributed by atoms with E-state index in [2.05, 4.69) is 5.32 Å². The van der Waals surface area contributed by atoms with Crippen LogP contribution in [0.5, 0.6) is 0 Å². The number of carbonyl (C=O) groups is 3. The maximum Gasteiger partial charge on any atom is 0.311 e. The molecule has 0 saturated carbocycles. The standard InChI is InChI=1S/C21H28N2O5/c1-15-4-6-16(7-5-15)19(25)23-10-2-3-17(13-23)18(24)22-14-21(20(26)27)8-11-28-12-9-21/h4-7,17H,2-3,8-14H2,1H3,(H,22,24)(H,26,27). The van der Waals surface area contributed by atoms with Gasteiger partial charge < -0.3 is 20.1 Å². The molecule has 2 aliphatic rings. The highest BCUT2D eigenvalue weighted by molar-refractivity contribution is 5.94. The maximum absolute atomic E-state index is 12.7. The molecule has 0 bridgehead atoms. The molecule has 3 rings (SSSR count). The Labute approximate surface area is 165 Å². The van der Waals surface area contributed by atoms with Gasteiger partial charge in [0.2, 0.25) is 5.91 Å². The van der Waals surface area contributed by atoms with Crippen molar-refractivity contribution in [2.75, 3.05) is 32.8 Å². The van der Waals surface area contributed by atoms with Crippen molar-refractivity contribution < 1.29 is 24.2 Å². The van der Waals surface area contributed by atoms with E-state index in [1.807, 2.05) is 31.2 Å². The predicted molar refractivity (Wildman–Crippen MR) is 103 cm³/mol. The Morgan fingerprint density at radius 3 is 2.54 bits per heavy atom. The van der Waals surface area contributed by atoms with Crippen LogP contribution in [0.2, 0.25) is 0 Å². The average molecular weight is 388 g/mol. The molecule has 2 fully saturated rings. The van der Waals surface area contributed by atoms with Crippen molar-refractivity contribution in [1.82, 2.24) is 10.2 Å². The maximum atomic E-state index is 12.7. The molecule has 1 aromatic rings. The molecule has 1 atom stereocenters. The van der Waals surface area contributed by atoms with Gasteiger partial charge in [-0.05, 0) is 44.7 Å². The van der Waals surface area contributed by atoms with Crippen LogP contribution >= 0.6 is 0 Å². The average Bonchev–Trinajstić information content (AvgIpc) is 2.72. The Bertz CT molecular complexity index is 725. The fraction of sp³-hybridized carbons (Fsp3) is 0.571. The van der Waals surface area contributed by atoms with Gasteiger partial charge in [0.25, 0.3) is 5.91 Å². The van der Waals surface area contributed by atoms with Gasteiger partial charge in [0.05, 0.1) is 11.3 Å². The highest BCUT2D eigenvalue weighted by Crippen LogP contribution is 2.30. The SMILES string of the molecule is Cc1ccc(C(=O)N2CCCC(C(=O)NCC3(C(=O)O)CCOCC3)C2)cc1. The molecule has 2 amide bonds. The Morgan fingerprint density at radius 2 is 1.89 bits per heavy atom. The summed E-state index contributed by atoms with van der Waals surface area (Å²) in [5, 5.41) is 12.5. The van der Waals surface area contributed by atoms with Crippen LogP contribution in [-0.4, -0.2) is 60.6 Å². The Morgan fingerprint density at radius 1 is 1.21 bits per heavy atom. The molecule has 2 saturated heterocycles. The number of benzene rings is 1. The van der Waals surface area contributed by atoms with E-state index in [0.717, 1.165) is 12.0 Å². The number of likely N-dealkylation sites (tertiary alicyclic amines) is 1. The third-order valence-electron chi connectivity index (χ3n) is 5.88. The molecule has 1 aromatic carbocycles. The number of rotatable bonds is 5. The predicted octanol–water partition coefficient (Wildman–Crippen LogP) is 1.84. The summed E-state index contributed by atoms with van der Waals surface area (Å²) >= 11 is 0. The Balaban J connectivity index is 1.58. The van der Waals surface area contributed by atoms with Gasteiger partial charge in [0, 0.05) is 38.4 Å². The van der Waals surface area contributed by atoms with Crippen molar-refractivity contribution >= 4 is 17.8 Å². The molecule has 2 heterocycles.